The van der Waals surface area contributed by atoms with Gasteiger partial charge in [-0.2, -0.15) is 0 Å². The number of carbonyl (C=O) groups is 1. The summed E-state index contributed by atoms with van der Waals surface area (Å²) in [5.41, 5.74) is -0.137. The van der Waals surface area contributed by atoms with Crippen LogP contribution in [0.15, 0.2) is 5.38 Å². The summed E-state index contributed by atoms with van der Waals surface area (Å²) < 4.78 is 0. The van der Waals surface area contributed by atoms with Gasteiger partial charge < -0.3 is 15.3 Å². The molecule has 1 aromatic rings. The molecule has 1 aromatic heterocycles. The number of aliphatic hydroxyl groups is 1. The third kappa shape index (κ3) is 6.54. The highest BCUT2D eigenvalue weighted by atomic mass is 32.1. The van der Waals surface area contributed by atoms with E-state index in [1.54, 1.807) is 18.3 Å². The molecule has 0 saturated heterocycles. The Bertz CT molecular complexity index is 476. The summed E-state index contributed by atoms with van der Waals surface area (Å²) in [5.74, 6) is -0.111. The van der Waals surface area contributed by atoms with E-state index in [9.17, 15) is 9.90 Å². The molecule has 21 heavy (non-hydrogen) atoms. The number of nitrogens with one attached hydrogen (secondary N) is 1. The van der Waals surface area contributed by atoms with Crippen molar-refractivity contribution in [2.75, 3.05) is 27.2 Å². The van der Waals surface area contributed by atoms with Gasteiger partial charge in [-0.15, -0.1) is 11.3 Å². The molecule has 0 spiro atoms. The third-order valence-electron chi connectivity index (χ3n) is 2.86. The van der Waals surface area contributed by atoms with Crippen LogP contribution < -0.4 is 5.32 Å². The molecule has 0 bridgehead atoms. The van der Waals surface area contributed by atoms with E-state index >= 15 is 0 Å². The molecule has 0 aliphatic rings. The molecule has 1 rings (SSSR count). The fourth-order valence-electron chi connectivity index (χ4n) is 1.99. The van der Waals surface area contributed by atoms with Gasteiger partial charge in [0, 0.05) is 23.9 Å². The Morgan fingerprint density at radius 3 is 2.48 bits per heavy atom. The van der Waals surface area contributed by atoms with E-state index in [0.29, 0.717) is 6.54 Å². The molecule has 0 saturated carbocycles. The van der Waals surface area contributed by atoms with E-state index in [0.717, 1.165) is 10.7 Å². The lowest BCUT2D eigenvalue weighted by atomic mass is 9.98. The average Bonchev–Trinajstić information content (AvgIpc) is 2.73. The van der Waals surface area contributed by atoms with Gasteiger partial charge in [-0.1, -0.05) is 20.8 Å². The molecule has 6 heteroatoms. The minimum absolute atomic E-state index is 0.00870. The van der Waals surface area contributed by atoms with Crippen molar-refractivity contribution < 1.29 is 9.90 Å². The van der Waals surface area contributed by atoms with Gasteiger partial charge in [-0.05, 0) is 21.0 Å². The Kier molecular flexibility index (Phi) is 5.90. The molecular weight excluding hydrogens is 286 g/mol. The number of rotatable bonds is 6. The van der Waals surface area contributed by atoms with Gasteiger partial charge in [0.1, 0.15) is 0 Å². The maximum Gasteiger partial charge on any atom is 0.226 e. The van der Waals surface area contributed by atoms with E-state index in [2.05, 4.69) is 31.1 Å². The Morgan fingerprint density at radius 2 is 2.00 bits per heavy atom. The number of carbonyl (C=O) groups excluding carboxylic acids is 1. The number of hydrogen-bond donors (Lipinski definition) is 2. The molecular formula is C15H27N3O2S. The van der Waals surface area contributed by atoms with Gasteiger partial charge >= 0.3 is 0 Å². The molecule has 0 aliphatic heterocycles. The van der Waals surface area contributed by atoms with Gasteiger partial charge in [0.2, 0.25) is 5.91 Å². The van der Waals surface area contributed by atoms with Crippen LogP contribution in [-0.4, -0.2) is 53.7 Å². The lowest BCUT2D eigenvalue weighted by molar-refractivity contribution is -0.121. The monoisotopic (exact) mass is 313 g/mol. The number of aromatic nitrogens is 1. The summed E-state index contributed by atoms with van der Waals surface area (Å²) in [6.07, 6.45) is 0.255. The highest BCUT2D eigenvalue weighted by molar-refractivity contribution is 7.09. The topological polar surface area (TPSA) is 65.5 Å². The highest BCUT2D eigenvalue weighted by Crippen LogP contribution is 2.25. The van der Waals surface area contributed by atoms with Crippen molar-refractivity contribution in [2.45, 2.75) is 45.1 Å². The molecule has 0 radical (unpaired) electrons. The van der Waals surface area contributed by atoms with Gasteiger partial charge in [0.05, 0.1) is 22.7 Å². The third-order valence-corrected chi connectivity index (χ3v) is 4.18. The fraction of sp³-hybridized carbons (Fsp3) is 0.733. The summed E-state index contributed by atoms with van der Waals surface area (Å²) in [7, 11) is 3.78. The lowest BCUT2D eigenvalue weighted by Gasteiger charge is -2.27. The van der Waals surface area contributed by atoms with Crippen LogP contribution in [0, 0.1) is 0 Å². The van der Waals surface area contributed by atoms with E-state index < -0.39 is 5.60 Å². The van der Waals surface area contributed by atoms with E-state index in [-0.39, 0.29) is 24.3 Å². The van der Waals surface area contributed by atoms with Gasteiger partial charge in [-0.3, -0.25) is 4.79 Å². The molecule has 0 fully saturated rings. The SMILES string of the molecule is CN(C)CC(C)(O)CNC(=O)Cc1csc(C(C)(C)C)n1. The quantitative estimate of drug-likeness (QED) is 0.833. The predicted octanol–water partition coefficient (Wildman–Crippen LogP) is 1.41. The van der Waals surface area contributed by atoms with Crippen LogP contribution in [0.4, 0.5) is 0 Å². The molecule has 1 amide bonds. The van der Waals surface area contributed by atoms with Gasteiger partial charge in [0.15, 0.2) is 0 Å². The van der Waals surface area contributed by atoms with Crippen molar-refractivity contribution in [1.29, 1.82) is 0 Å². The first-order valence-corrected chi connectivity index (χ1v) is 7.96. The van der Waals surface area contributed by atoms with Crippen LogP contribution in [0.1, 0.15) is 38.4 Å². The largest absolute Gasteiger partial charge is 0.387 e. The number of likely N-dealkylation sites (N-methyl/N-ethyl adjacent to an activating group) is 1. The Morgan fingerprint density at radius 1 is 1.38 bits per heavy atom. The second-order valence-electron chi connectivity index (χ2n) is 7.08. The smallest absolute Gasteiger partial charge is 0.226 e. The molecule has 1 atom stereocenters. The summed E-state index contributed by atoms with van der Waals surface area (Å²) in [6.45, 7) is 8.77. The summed E-state index contributed by atoms with van der Waals surface area (Å²) in [6, 6.07) is 0. The van der Waals surface area contributed by atoms with Crippen LogP contribution >= 0.6 is 11.3 Å². The van der Waals surface area contributed by atoms with Crippen LogP contribution in [0.2, 0.25) is 0 Å². The van der Waals surface area contributed by atoms with E-state index in [4.69, 9.17) is 0 Å². The number of thiazole rings is 1. The maximum atomic E-state index is 11.9. The van der Waals surface area contributed by atoms with Crippen LogP contribution in [-0.2, 0) is 16.6 Å². The fourth-order valence-corrected chi connectivity index (χ4v) is 2.89. The zero-order chi connectivity index (χ0) is 16.3. The highest BCUT2D eigenvalue weighted by Gasteiger charge is 2.23. The first kappa shape index (κ1) is 18.1. The van der Waals surface area contributed by atoms with Gasteiger partial charge in [0.25, 0.3) is 0 Å². The van der Waals surface area contributed by atoms with Crippen molar-refractivity contribution in [1.82, 2.24) is 15.2 Å². The second-order valence-corrected chi connectivity index (χ2v) is 7.94. The Balaban J connectivity index is 2.49. The molecule has 5 nitrogen and oxygen atoms in total. The summed E-state index contributed by atoms with van der Waals surface area (Å²) in [5, 5.41) is 15.9. The number of nitrogens with zero attached hydrogens (tertiary/aromatic N) is 2. The molecule has 1 heterocycles. The van der Waals surface area contributed by atoms with Crippen molar-refractivity contribution >= 4 is 17.2 Å². The zero-order valence-electron chi connectivity index (χ0n) is 13.9. The minimum atomic E-state index is -0.933. The predicted molar refractivity (Wildman–Crippen MR) is 86.7 cm³/mol. The zero-order valence-corrected chi connectivity index (χ0v) is 14.7. The second kappa shape index (κ2) is 6.85. The summed E-state index contributed by atoms with van der Waals surface area (Å²) in [4.78, 5) is 18.3. The standard InChI is InChI=1S/C15H27N3O2S/c1-14(2,3)13-17-11(8-21-13)7-12(19)16-9-15(4,20)10-18(5)6/h8,20H,7,9-10H2,1-6H3,(H,16,19). The molecule has 120 valence electrons. The van der Waals surface area contributed by atoms with Gasteiger partial charge in [-0.25, -0.2) is 4.98 Å². The average molecular weight is 313 g/mol. The molecule has 2 N–H and O–H groups in total. The van der Waals surface area contributed by atoms with Crippen LogP contribution in [0.3, 0.4) is 0 Å². The van der Waals surface area contributed by atoms with Crippen LogP contribution in [0.5, 0.6) is 0 Å². The lowest BCUT2D eigenvalue weighted by Crippen LogP contribution is -2.47. The molecule has 0 aliphatic carbocycles. The van der Waals surface area contributed by atoms with Crippen molar-refractivity contribution in [3.63, 3.8) is 0 Å². The molecule has 1 unspecified atom stereocenters. The summed E-state index contributed by atoms with van der Waals surface area (Å²) >= 11 is 1.58. The van der Waals surface area contributed by atoms with Crippen molar-refractivity contribution in [2.24, 2.45) is 0 Å². The Labute approximate surface area is 131 Å². The molecule has 0 aromatic carbocycles. The Hall–Kier alpha value is -0.980. The minimum Gasteiger partial charge on any atom is -0.387 e. The van der Waals surface area contributed by atoms with Crippen molar-refractivity contribution in [3.8, 4) is 0 Å². The normalized spacial score (nSPS) is 15.0. The first-order valence-electron chi connectivity index (χ1n) is 7.08. The first-order chi connectivity index (χ1) is 9.49. The maximum absolute atomic E-state index is 11.9. The van der Waals surface area contributed by atoms with Crippen molar-refractivity contribution in [3.05, 3.63) is 16.1 Å². The van der Waals surface area contributed by atoms with E-state index in [1.165, 1.54) is 0 Å². The van der Waals surface area contributed by atoms with E-state index in [1.807, 2.05) is 24.4 Å². The number of hydrogen-bond acceptors (Lipinski definition) is 5. The van der Waals surface area contributed by atoms with Crippen LogP contribution in [0.25, 0.3) is 0 Å². The number of amides is 1.